The van der Waals surface area contributed by atoms with Gasteiger partial charge in [-0.15, -0.1) is 0 Å². The largest absolute Gasteiger partial charge is 0.465 e. The summed E-state index contributed by atoms with van der Waals surface area (Å²) in [4.78, 5) is 28.0. The first-order chi connectivity index (χ1) is 19.5. The summed E-state index contributed by atoms with van der Waals surface area (Å²) in [7, 11) is 5.15. The molecule has 0 bridgehead atoms. The Balaban J connectivity index is 0.00000103. The van der Waals surface area contributed by atoms with E-state index in [0.29, 0.717) is 49.5 Å². The Morgan fingerprint density at radius 2 is 1.68 bits per heavy atom. The van der Waals surface area contributed by atoms with Crippen LogP contribution in [0.15, 0.2) is 48.0 Å². The number of carbonyl (C=O) groups excluding carboxylic acids is 2. The maximum absolute atomic E-state index is 13.8. The number of hydrogen-bond donors (Lipinski definition) is 1. The number of nitrogens with one attached hydrogen (secondary N) is 1. The van der Waals surface area contributed by atoms with Crippen LogP contribution in [-0.4, -0.2) is 61.8 Å². The van der Waals surface area contributed by atoms with E-state index in [1.807, 2.05) is 38.4 Å². The number of alkyl halides is 1. The molecule has 2 fully saturated rings. The molecular weight excluding hydrogens is 505 g/mol. The highest BCUT2D eigenvalue weighted by Gasteiger charge is 2.32. The van der Waals surface area contributed by atoms with E-state index in [1.165, 1.54) is 31.9 Å². The zero-order valence-corrected chi connectivity index (χ0v) is 23.8. The number of amides is 1. The molecule has 212 valence electrons. The normalized spacial score (nSPS) is 17.7. The number of fused-ring (bicyclic) bond motifs is 5. The molecule has 1 aromatic heterocycles. The Labute approximate surface area is 236 Å². The van der Waals surface area contributed by atoms with Gasteiger partial charge >= 0.3 is 5.97 Å². The summed E-state index contributed by atoms with van der Waals surface area (Å²) in [6, 6.07) is 14.1. The van der Waals surface area contributed by atoms with Gasteiger partial charge in [-0.25, -0.2) is 9.18 Å². The Kier molecular flexibility index (Phi) is 8.69. The van der Waals surface area contributed by atoms with E-state index in [2.05, 4.69) is 34.1 Å². The number of nitrogens with zero attached hydrogens (tertiary/aromatic N) is 2. The lowest BCUT2D eigenvalue weighted by molar-refractivity contribution is -0.128. The van der Waals surface area contributed by atoms with Gasteiger partial charge in [0.05, 0.1) is 24.9 Å². The molecule has 3 aliphatic rings. The fourth-order valence-corrected chi connectivity index (χ4v) is 6.51. The lowest BCUT2D eigenvalue weighted by Crippen LogP contribution is -2.40. The Hall–Kier alpha value is -3.45. The molecule has 1 saturated heterocycles. The summed E-state index contributed by atoms with van der Waals surface area (Å²) >= 11 is 0. The number of hydrogen-bond acceptors (Lipinski definition) is 4. The minimum Gasteiger partial charge on any atom is -0.465 e. The van der Waals surface area contributed by atoms with Crippen molar-refractivity contribution >= 4 is 28.9 Å². The van der Waals surface area contributed by atoms with E-state index in [1.54, 1.807) is 4.90 Å². The van der Waals surface area contributed by atoms with Gasteiger partial charge in [-0.1, -0.05) is 49.6 Å². The molecular formula is C33H40FN3O3. The van der Waals surface area contributed by atoms with E-state index < -0.39 is 6.17 Å². The number of benzene rings is 2. The van der Waals surface area contributed by atoms with Crippen molar-refractivity contribution in [2.45, 2.75) is 63.6 Å². The van der Waals surface area contributed by atoms with Gasteiger partial charge in [-0.3, -0.25) is 4.79 Å². The van der Waals surface area contributed by atoms with E-state index >= 15 is 0 Å². The zero-order chi connectivity index (χ0) is 28.2. The number of aromatic nitrogens is 1. The second-order valence-electron chi connectivity index (χ2n) is 11.1. The van der Waals surface area contributed by atoms with E-state index in [0.717, 1.165) is 40.6 Å². The zero-order valence-electron chi connectivity index (χ0n) is 23.8. The summed E-state index contributed by atoms with van der Waals surface area (Å²) in [5.41, 5.74) is 6.78. The summed E-state index contributed by atoms with van der Waals surface area (Å²) < 4.78 is 21.1. The highest BCUT2D eigenvalue weighted by molar-refractivity contribution is 6.03. The van der Waals surface area contributed by atoms with Gasteiger partial charge in [0.2, 0.25) is 0 Å². The van der Waals surface area contributed by atoms with Crippen LogP contribution in [0.4, 0.5) is 4.39 Å². The molecule has 0 atom stereocenters. The Morgan fingerprint density at radius 1 is 0.975 bits per heavy atom. The second-order valence-corrected chi connectivity index (χ2v) is 11.1. The van der Waals surface area contributed by atoms with Crippen LogP contribution in [0.2, 0.25) is 0 Å². The Morgan fingerprint density at radius 3 is 2.38 bits per heavy atom. The quantitative estimate of drug-likeness (QED) is 0.391. The first-order valence-corrected chi connectivity index (χ1v) is 14.5. The van der Waals surface area contributed by atoms with Crippen LogP contribution in [0.25, 0.3) is 28.2 Å². The third kappa shape index (κ3) is 5.44. The minimum atomic E-state index is -0.831. The number of likely N-dealkylation sites (tertiary alicyclic amines) is 1. The molecule has 40 heavy (non-hydrogen) atoms. The fraction of sp³-hybridized carbons (Fsp3) is 0.455. The molecule has 0 unspecified atom stereocenters. The first kappa shape index (κ1) is 28.1. The van der Waals surface area contributed by atoms with Crippen molar-refractivity contribution in [2.75, 3.05) is 34.3 Å². The molecule has 1 amide bonds. The molecule has 1 aliphatic carbocycles. The number of ether oxygens (including phenoxy) is 1. The predicted octanol–water partition coefficient (Wildman–Crippen LogP) is 6.34. The van der Waals surface area contributed by atoms with Crippen molar-refractivity contribution in [3.63, 3.8) is 0 Å². The molecule has 3 aromatic rings. The molecule has 1 saturated carbocycles. The number of piperidine rings is 1. The highest BCUT2D eigenvalue weighted by Crippen LogP contribution is 2.46. The first-order valence-electron chi connectivity index (χ1n) is 14.5. The number of esters is 1. The smallest absolute Gasteiger partial charge is 0.337 e. The average molecular weight is 546 g/mol. The van der Waals surface area contributed by atoms with Crippen LogP contribution in [0, 0.1) is 0 Å². The van der Waals surface area contributed by atoms with Crippen LogP contribution >= 0.6 is 0 Å². The molecule has 2 aromatic carbocycles. The molecule has 1 N–H and O–H groups in total. The third-order valence-electron chi connectivity index (χ3n) is 8.40. The van der Waals surface area contributed by atoms with Crippen LogP contribution in [0.5, 0.6) is 0 Å². The molecule has 7 heteroatoms. The maximum atomic E-state index is 13.8. The molecule has 0 radical (unpaired) electrons. The van der Waals surface area contributed by atoms with E-state index in [4.69, 9.17) is 4.74 Å². The highest BCUT2D eigenvalue weighted by atomic mass is 19.1. The van der Waals surface area contributed by atoms with Gasteiger partial charge in [0, 0.05) is 35.1 Å². The van der Waals surface area contributed by atoms with Gasteiger partial charge in [-0.2, -0.15) is 0 Å². The number of rotatable bonds is 3. The molecule has 6 rings (SSSR count). The number of methoxy groups -OCH3 is 1. The van der Waals surface area contributed by atoms with Gasteiger partial charge in [-0.05, 0) is 75.0 Å². The van der Waals surface area contributed by atoms with Crippen molar-refractivity contribution in [3.05, 3.63) is 64.7 Å². The summed E-state index contributed by atoms with van der Waals surface area (Å²) in [5.74, 6) is 0.0386. The monoisotopic (exact) mass is 545 g/mol. The number of carbonyl (C=O) groups is 2. The van der Waals surface area contributed by atoms with Gasteiger partial charge in [0.25, 0.3) is 5.91 Å². The molecule has 6 nitrogen and oxygen atoms in total. The van der Waals surface area contributed by atoms with E-state index in [-0.39, 0.29) is 11.9 Å². The van der Waals surface area contributed by atoms with Crippen molar-refractivity contribution in [2.24, 2.45) is 0 Å². The lowest BCUT2D eigenvalue weighted by Gasteiger charge is -2.29. The van der Waals surface area contributed by atoms with Gasteiger partial charge < -0.3 is 19.5 Å². The van der Waals surface area contributed by atoms with Gasteiger partial charge in [0.15, 0.2) is 0 Å². The Bertz CT molecular complexity index is 1410. The SMILES string of the molecule is CNC.COC(=O)c1ccc2c(C3CCCCC3)c3n(c2c1)CC(C(=O)N1CCC(F)CC1)=Cc1ccccc1-3. The van der Waals surface area contributed by atoms with Crippen molar-refractivity contribution < 1.29 is 18.7 Å². The average Bonchev–Trinajstić information content (AvgIpc) is 3.19. The van der Waals surface area contributed by atoms with Gasteiger partial charge in [0.1, 0.15) is 6.17 Å². The van der Waals surface area contributed by atoms with Crippen molar-refractivity contribution in [1.82, 2.24) is 14.8 Å². The van der Waals surface area contributed by atoms with Crippen LogP contribution in [0.3, 0.4) is 0 Å². The van der Waals surface area contributed by atoms with Crippen molar-refractivity contribution in [3.8, 4) is 11.3 Å². The minimum absolute atomic E-state index is 0.0280. The summed E-state index contributed by atoms with van der Waals surface area (Å²) in [6.07, 6.45) is 7.95. The summed E-state index contributed by atoms with van der Waals surface area (Å²) in [5, 5.41) is 3.90. The van der Waals surface area contributed by atoms with Crippen LogP contribution < -0.4 is 5.32 Å². The second kappa shape index (κ2) is 12.4. The molecule has 2 aliphatic heterocycles. The summed E-state index contributed by atoms with van der Waals surface area (Å²) in [6.45, 7) is 1.29. The standard InChI is InChI=1S/C31H33FN2O3.C2H7N/c1-37-31(36)22-11-12-26-27(18-22)34-19-23(30(35)33-15-13-24(32)14-16-33)17-21-9-5-6-10-25(21)29(34)28(26)20-7-3-2-4-8-20;1-3-2/h5-6,9-12,17-18,20,24H,2-4,7-8,13-16,19H2,1H3;3H,1-2H3. The number of halogens is 1. The predicted molar refractivity (Wildman–Crippen MR) is 158 cm³/mol. The van der Waals surface area contributed by atoms with Crippen LogP contribution in [-0.2, 0) is 16.1 Å². The van der Waals surface area contributed by atoms with Crippen molar-refractivity contribution in [1.29, 1.82) is 0 Å². The molecule has 3 heterocycles. The third-order valence-corrected chi connectivity index (χ3v) is 8.40. The topological polar surface area (TPSA) is 63.6 Å². The fourth-order valence-electron chi connectivity index (χ4n) is 6.51. The van der Waals surface area contributed by atoms with E-state index in [9.17, 15) is 14.0 Å². The van der Waals surface area contributed by atoms with Crippen LogP contribution in [0.1, 0.15) is 72.3 Å². The maximum Gasteiger partial charge on any atom is 0.337 e. The molecule has 0 spiro atoms. The lowest BCUT2D eigenvalue weighted by atomic mass is 9.81.